The van der Waals surface area contributed by atoms with E-state index in [1.807, 2.05) is 13.2 Å². The summed E-state index contributed by atoms with van der Waals surface area (Å²) in [6, 6.07) is 2.19. The van der Waals surface area contributed by atoms with Crippen molar-refractivity contribution in [1.82, 2.24) is 9.97 Å². The zero-order valence-corrected chi connectivity index (χ0v) is 13.0. The van der Waals surface area contributed by atoms with E-state index in [9.17, 15) is 10.1 Å². The van der Waals surface area contributed by atoms with E-state index < -0.39 is 0 Å². The average Bonchev–Trinajstić information content (AvgIpc) is 2.54. The minimum Gasteiger partial charge on any atom is -0.466 e. The fraction of sp³-hybridized carbons (Fsp3) is 0.571. The summed E-state index contributed by atoms with van der Waals surface area (Å²) in [6.07, 6.45) is 4.82. The van der Waals surface area contributed by atoms with Crippen LogP contribution in [-0.4, -0.2) is 41.9 Å². The van der Waals surface area contributed by atoms with Gasteiger partial charge in [0.2, 0.25) is 0 Å². The van der Waals surface area contributed by atoms with Crippen molar-refractivity contribution < 1.29 is 9.53 Å². The number of hydrogen-bond acceptors (Lipinski definition) is 7. The van der Waals surface area contributed by atoms with Gasteiger partial charge >= 0.3 is 5.97 Å². The highest BCUT2D eigenvalue weighted by Gasteiger charge is 2.28. The fourth-order valence-electron chi connectivity index (χ4n) is 2.44. The van der Waals surface area contributed by atoms with Gasteiger partial charge in [0.1, 0.15) is 23.0 Å². The first-order valence-corrected chi connectivity index (χ1v) is 8.14. The zero-order valence-electron chi connectivity index (χ0n) is 12.2. The van der Waals surface area contributed by atoms with Gasteiger partial charge in [-0.1, -0.05) is 0 Å². The first-order chi connectivity index (χ1) is 10.2. The summed E-state index contributed by atoms with van der Waals surface area (Å²) >= 11 is 1.44. The molecule has 0 atom stereocenters. The Morgan fingerprint density at radius 1 is 1.52 bits per heavy atom. The largest absolute Gasteiger partial charge is 0.466 e. The maximum absolute atomic E-state index is 11.7. The van der Waals surface area contributed by atoms with Gasteiger partial charge in [0.15, 0.2) is 5.82 Å². The Hall–Kier alpha value is -1.81. The Morgan fingerprint density at radius 3 is 2.81 bits per heavy atom. The highest BCUT2D eigenvalue weighted by atomic mass is 32.2. The molecule has 0 saturated carbocycles. The number of carbonyl (C=O) groups is 1. The molecule has 21 heavy (non-hydrogen) atoms. The lowest BCUT2D eigenvalue weighted by molar-refractivity contribution is -0.148. The van der Waals surface area contributed by atoms with Crippen molar-refractivity contribution in [2.45, 2.75) is 24.8 Å². The number of rotatable bonds is 4. The number of nitrogens with zero attached hydrogens (tertiary/aromatic N) is 4. The zero-order chi connectivity index (χ0) is 15.2. The van der Waals surface area contributed by atoms with E-state index in [4.69, 9.17) is 4.74 Å². The number of piperidine rings is 1. The predicted molar refractivity (Wildman–Crippen MR) is 80.1 cm³/mol. The molecule has 0 spiro atoms. The third kappa shape index (κ3) is 3.45. The number of thioether (sulfide) groups is 1. The Labute approximate surface area is 128 Å². The molecule has 1 aromatic rings. The lowest BCUT2D eigenvalue weighted by Gasteiger charge is -2.32. The van der Waals surface area contributed by atoms with E-state index in [0.29, 0.717) is 36.1 Å². The summed E-state index contributed by atoms with van der Waals surface area (Å²) in [4.78, 5) is 22.2. The fourth-order valence-corrected chi connectivity index (χ4v) is 2.93. The van der Waals surface area contributed by atoms with Gasteiger partial charge in [0.05, 0.1) is 12.5 Å². The molecule has 1 aromatic heterocycles. The van der Waals surface area contributed by atoms with Crippen LogP contribution in [0.25, 0.3) is 0 Å². The van der Waals surface area contributed by atoms with Crippen LogP contribution < -0.4 is 4.90 Å². The highest BCUT2D eigenvalue weighted by Crippen LogP contribution is 2.28. The molecule has 6 nitrogen and oxygen atoms in total. The Bertz CT molecular complexity index is 550. The van der Waals surface area contributed by atoms with E-state index in [1.54, 1.807) is 0 Å². The molecule has 112 valence electrons. The van der Waals surface area contributed by atoms with Crippen LogP contribution >= 0.6 is 11.8 Å². The summed E-state index contributed by atoms with van der Waals surface area (Å²) in [5.74, 6) is 0.498. The maximum atomic E-state index is 11.7. The molecule has 2 heterocycles. The van der Waals surface area contributed by atoms with E-state index in [1.165, 1.54) is 18.1 Å². The smallest absolute Gasteiger partial charge is 0.309 e. The molecule has 1 aliphatic heterocycles. The number of esters is 1. The second-order valence-corrected chi connectivity index (χ2v) is 5.50. The lowest BCUT2D eigenvalue weighted by atomic mass is 9.97. The lowest BCUT2D eigenvalue weighted by Crippen LogP contribution is -2.38. The Balaban J connectivity index is 2.09. The molecular weight excluding hydrogens is 288 g/mol. The number of nitriles is 1. The van der Waals surface area contributed by atoms with Crippen LogP contribution in [0.1, 0.15) is 25.3 Å². The average molecular weight is 306 g/mol. The predicted octanol–water partition coefficient (Wildman–Crippen LogP) is 1.85. The van der Waals surface area contributed by atoms with Crippen molar-refractivity contribution in [3.63, 3.8) is 0 Å². The van der Waals surface area contributed by atoms with Gasteiger partial charge in [0.25, 0.3) is 0 Å². The first kappa shape index (κ1) is 15.6. The monoisotopic (exact) mass is 306 g/mol. The van der Waals surface area contributed by atoms with Crippen LogP contribution in [0.5, 0.6) is 0 Å². The number of aromatic nitrogens is 2. The molecule has 7 heteroatoms. The van der Waals surface area contributed by atoms with Gasteiger partial charge in [-0.2, -0.15) is 5.26 Å². The highest BCUT2D eigenvalue weighted by molar-refractivity contribution is 7.98. The summed E-state index contributed by atoms with van der Waals surface area (Å²) < 4.78 is 5.06. The van der Waals surface area contributed by atoms with Crippen LogP contribution in [0.4, 0.5) is 5.82 Å². The molecule has 0 unspecified atom stereocenters. The molecule has 2 rings (SSSR count). The van der Waals surface area contributed by atoms with Gasteiger partial charge in [0, 0.05) is 13.1 Å². The van der Waals surface area contributed by atoms with E-state index in [-0.39, 0.29) is 11.9 Å². The standard InChI is InChI=1S/C14H18N4O2S/c1-3-20-14(19)10-4-6-18(7-5-10)12-11(8-15)13(21-2)17-9-16-12/h9-10H,3-7H2,1-2H3. The molecule has 1 fully saturated rings. The third-order valence-electron chi connectivity index (χ3n) is 3.51. The SMILES string of the molecule is CCOC(=O)C1CCN(c2ncnc(SC)c2C#N)CC1. The summed E-state index contributed by atoms with van der Waals surface area (Å²) in [5.41, 5.74) is 0.514. The molecule has 0 N–H and O–H groups in total. The Morgan fingerprint density at radius 2 is 2.24 bits per heavy atom. The third-order valence-corrected chi connectivity index (χ3v) is 4.21. The number of carbonyl (C=O) groups excluding carboxylic acids is 1. The van der Waals surface area contributed by atoms with Crippen molar-refractivity contribution >= 4 is 23.5 Å². The van der Waals surface area contributed by atoms with Gasteiger partial charge < -0.3 is 9.64 Å². The van der Waals surface area contributed by atoms with E-state index in [2.05, 4.69) is 20.9 Å². The molecular formula is C14H18N4O2S. The van der Waals surface area contributed by atoms with E-state index in [0.717, 1.165) is 12.8 Å². The number of hydrogen-bond donors (Lipinski definition) is 0. The minimum atomic E-state index is -0.120. The molecule has 0 radical (unpaired) electrons. The summed E-state index contributed by atoms with van der Waals surface area (Å²) in [6.45, 7) is 3.63. The quantitative estimate of drug-likeness (QED) is 0.477. The van der Waals surface area contributed by atoms with Crippen LogP contribution in [0.15, 0.2) is 11.4 Å². The number of anilines is 1. The number of ether oxygens (including phenoxy) is 1. The van der Waals surface area contributed by atoms with Crippen molar-refractivity contribution in [1.29, 1.82) is 5.26 Å². The molecule has 0 aromatic carbocycles. The van der Waals surface area contributed by atoms with Crippen LogP contribution in [0.2, 0.25) is 0 Å². The van der Waals surface area contributed by atoms with Gasteiger partial charge in [-0.15, -0.1) is 11.8 Å². The van der Waals surface area contributed by atoms with Crippen LogP contribution in [0.3, 0.4) is 0 Å². The van der Waals surface area contributed by atoms with Gasteiger partial charge in [-0.05, 0) is 26.0 Å². The maximum Gasteiger partial charge on any atom is 0.309 e. The first-order valence-electron chi connectivity index (χ1n) is 6.91. The molecule has 0 aliphatic carbocycles. The second kappa shape index (κ2) is 7.27. The molecule has 1 saturated heterocycles. The molecule has 0 amide bonds. The topological polar surface area (TPSA) is 79.1 Å². The van der Waals surface area contributed by atoms with Gasteiger partial charge in [-0.25, -0.2) is 9.97 Å². The van der Waals surface area contributed by atoms with Crippen LogP contribution in [0, 0.1) is 17.2 Å². The summed E-state index contributed by atoms with van der Waals surface area (Å²) in [7, 11) is 0. The second-order valence-electron chi connectivity index (χ2n) is 4.71. The molecule has 1 aliphatic rings. The summed E-state index contributed by atoms with van der Waals surface area (Å²) in [5, 5.41) is 10.0. The van der Waals surface area contributed by atoms with Crippen molar-refractivity contribution in [3.8, 4) is 6.07 Å². The Kier molecular flexibility index (Phi) is 5.39. The van der Waals surface area contributed by atoms with Crippen molar-refractivity contribution in [3.05, 3.63) is 11.9 Å². The van der Waals surface area contributed by atoms with Crippen LogP contribution in [-0.2, 0) is 9.53 Å². The van der Waals surface area contributed by atoms with Crippen molar-refractivity contribution in [2.24, 2.45) is 5.92 Å². The minimum absolute atomic E-state index is 0.0476. The normalized spacial score (nSPS) is 15.6. The molecule has 0 bridgehead atoms. The van der Waals surface area contributed by atoms with Crippen molar-refractivity contribution in [2.75, 3.05) is 30.9 Å². The van der Waals surface area contributed by atoms with Gasteiger partial charge in [-0.3, -0.25) is 4.79 Å². The van der Waals surface area contributed by atoms with E-state index >= 15 is 0 Å².